The Labute approximate surface area is 172 Å². The number of carbonyl (C=O) groups excluding carboxylic acids is 1. The zero-order chi connectivity index (χ0) is 21.3. The number of hydrogen-bond donors (Lipinski definition) is 1. The molecule has 2 aliphatic heterocycles. The van der Waals surface area contributed by atoms with Gasteiger partial charge in [0.15, 0.2) is 11.5 Å². The van der Waals surface area contributed by atoms with Gasteiger partial charge in [0.1, 0.15) is 0 Å². The second-order valence-corrected chi connectivity index (χ2v) is 7.30. The van der Waals surface area contributed by atoms with Crippen LogP contribution in [0.2, 0.25) is 0 Å². The highest BCUT2D eigenvalue weighted by molar-refractivity contribution is 5.94. The van der Waals surface area contributed by atoms with E-state index in [0.29, 0.717) is 49.1 Å². The van der Waals surface area contributed by atoms with E-state index < -0.39 is 11.7 Å². The first-order chi connectivity index (χ1) is 14.3. The Morgan fingerprint density at radius 2 is 1.77 bits per heavy atom. The Kier molecular flexibility index (Phi) is 5.46. The van der Waals surface area contributed by atoms with Crippen molar-refractivity contribution in [2.45, 2.75) is 19.1 Å². The fourth-order valence-electron chi connectivity index (χ4n) is 3.63. The minimum absolute atomic E-state index is 0.151. The third kappa shape index (κ3) is 4.30. The van der Waals surface area contributed by atoms with Crippen molar-refractivity contribution in [2.24, 2.45) is 0 Å². The molecule has 1 N–H and O–H groups in total. The van der Waals surface area contributed by atoms with Gasteiger partial charge < -0.3 is 19.7 Å². The number of nitrogens with one attached hydrogen (secondary N) is 1. The summed E-state index contributed by atoms with van der Waals surface area (Å²) in [6.45, 7) is 4.23. The van der Waals surface area contributed by atoms with Gasteiger partial charge in [0.05, 0.1) is 11.6 Å². The number of nitrogens with zero attached hydrogens (tertiary/aromatic N) is 2. The molecule has 0 saturated carbocycles. The molecule has 30 heavy (non-hydrogen) atoms. The van der Waals surface area contributed by atoms with E-state index in [4.69, 9.17) is 9.47 Å². The lowest BCUT2D eigenvalue weighted by Crippen LogP contribution is -2.52. The van der Waals surface area contributed by atoms with Gasteiger partial charge >= 0.3 is 6.18 Å². The molecule has 1 fully saturated rings. The van der Waals surface area contributed by atoms with E-state index in [9.17, 15) is 18.0 Å². The molecule has 1 saturated heterocycles. The fourth-order valence-corrected chi connectivity index (χ4v) is 3.63. The van der Waals surface area contributed by atoms with Crippen molar-refractivity contribution in [1.82, 2.24) is 4.90 Å². The van der Waals surface area contributed by atoms with Gasteiger partial charge in [-0.2, -0.15) is 13.2 Å². The second-order valence-electron chi connectivity index (χ2n) is 7.30. The highest BCUT2D eigenvalue weighted by Crippen LogP contribution is 2.34. The lowest BCUT2D eigenvalue weighted by Gasteiger charge is -2.38. The van der Waals surface area contributed by atoms with Crippen molar-refractivity contribution in [2.75, 3.05) is 43.2 Å². The second kappa shape index (κ2) is 8.06. The van der Waals surface area contributed by atoms with E-state index >= 15 is 0 Å². The van der Waals surface area contributed by atoms with E-state index in [1.807, 2.05) is 16.7 Å². The number of benzene rings is 2. The first kappa shape index (κ1) is 20.3. The summed E-state index contributed by atoms with van der Waals surface area (Å²) in [5.74, 6) is 1.09. The Balaban J connectivity index is 1.34. The number of alkyl halides is 3. The van der Waals surface area contributed by atoms with Gasteiger partial charge in [-0.25, -0.2) is 0 Å². The summed E-state index contributed by atoms with van der Waals surface area (Å²) in [5, 5.41) is 2.88. The molecule has 0 bridgehead atoms. The fraction of sp³-hybridized carbons (Fsp3) is 0.381. The molecule has 2 heterocycles. The summed E-state index contributed by atoms with van der Waals surface area (Å²) in [6.07, 6.45) is -4.36. The van der Waals surface area contributed by atoms with E-state index in [1.165, 1.54) is 12.1 Å². The van der Waals surface area contributed by atoms with Crippen LogP contribution >= 0.6 is 0 Å². The molecule has 0 aliphatic carbocycles. The van der Waals surface area contributed by atoms with Crippen molar-refractivity contribution in [3.05, 3.63) is 48.0 Å². The van der Waals surface area contributed by atoms with Gasteiger partial charge in [0.25, 0.3) is 0 Å². The minimum atomic E-state index is -4.36. The lowest BCUT2D eigenvalue weighted by molar-refractivity contribution is -0.137. The zero-order valence-electron chi connectivity index (χ0n) is 16.4. The summed E-state index contributed by atoms with van der Waals surface area (Å²) in [6, 6.07) is 10.2. The van der Waals surface area contributed by atoms with E-state index in [1.54, 1.807) is 24.3 Å². The van der Waals surface area contributed by atoms with Gasteiger partial charge in [-0.1, -0.05) is 6.07 Å². The lowest BCUT2D eigenvalue weighted by atomic mass is 10.1. The highest BCUT2D eigenvalue weighted by atomic mass is 19.4. The Hall–Kier alpha value is -2.94. The van der Waals surface area contributed by atoms with Crippen LogP contribution in [-0.4, -0.2) is 49.8 Å². The molecule has 6 nitrogen and oxygen atoms in total. The van der Waals surface area contributed by atoms with E-state index in [-0.39, 0.29) is 18.7 Å². The van der Waals surface area contributed by atoms with Crippen molar-refractivity contribution >= 4 is 17.3 Å². The topological polar surface area (TPSA) is 54.0 Å². The quantitative estimate of drug-likeness (QED) is 0.818. The Morgan fingerprint density at radius 1 is 1.03 bits per heavy atom. The van der Waals surface area contributed by atoms with Gasteiger partial charge in [-0.15, -0.1) is 0 Å². The number of rotatable bonds is 4. The standard InChI is InChI=1S/C21H22F3N3O3/c1-14(20(28)25-16-5-6-18-19(12-16)30-13-29-18)26-7-9-27(10-8-26)17-4-2-3-15(11-17)21(22,23)24/h2-6,11-12,14H,7-10,13H2,1H3,(H,25,28)/t14-/m0/s1. The molecule has 1 amide bonds. The molecule has 0 radical (unpaired) electrons. The molecular weight excluding hydrogens is 399 g/mol. The van der Waals surface area contributed by atoms with Crippen LogP contribution in [0.5, 0.6) is 11.5 Å². The number of halogens is 3. The van der Waals surface area contributed by atoms with Crippen LogP contribution < -0.4 is 19.7 Å². The van der Waals surface area contributed by atoms with E-state index in [2.05, 4.69) is 5.32 Å². The monoisotopic (exact) mass is 421 g/mol. The number of hydrogen-bond acceptors (Lipinski definition) is 5. The largest absolute Gasteiger partial charge is 0.454 e. The molecule has 2 aliphatic rings. The number of carbonyl (C=O) groups is 1. The number of fused-ring (bicyclic) bond motifs is 1. The summed E-state index contributed by atoms with van der Waals surface area (Å²) in [5.41, 5.74) is 0.513. The van der Waals surface area contributed by atoms with Crippen molar-refractivity contribution in [3.8, 4) is 11.5 Å². The summed E-state index contributed by atoms with van der Waals surface area (Å²) < 4.78 is 49.5. The third-order valence-corrected chi connectivity index (χ3v) is 5.42. The molecule has 0 unspecified atom stereocenters. The first-order valence-corrected chi connectivity index (χ1v) is 9.68. The SMILES string of the molecule is C[C@@H](C(=O)Nc1ccc2c(c1)OCO2)N1CCN(c2cccc(C(F)(F)F)c2)CC1. The molecular formula is C21H22F3N3O3. The summed E-state index contributed by atoms with van der Waals surface area (Å²) in [7, 11) is 0. The van der Waals surface area contributed by atoms with Crippen molar-refractivity contribution < 1.29 is 27.4 Å². The van der Waals surface area contributed by atoms with Crippen molar-refractivity contribution in [3.63, 3.8) is 0 Å². The maximum Gasteiger partial charge on any atom is 0.416 e. The first-order valence-electron chi connectivity index (χ1n) is 9.68. The molecule has 4 rings (SSSR count). The maximum atomic E-state index is 13.0. The number of amides is 1. The third-order valence-electron chi connectivity index (χ3n) is 5.42. The van der Waals surface area contributed by atoms with Gasteiger partial charge in [-0.05, 0) is 37.3 Å². The average Bonchev–Trinajstić information content (AvgIpc) is 3.21. The van der Waals surface area contributed by atoms with Crippen LogP contribution in [0.25, 0.3) is 0 Å². The van der Waals surface area contributed by atoms with Crippen LogP contribution in [0, 0.1) is 0 Å². The summed E-state index contributed by atoms with van der Waals surface area (Å²) >= 11 is 0. The zero-order valence-corrected chi connectivity index (χ0v) is 16.4. The highest BCUT2D eigenvalue weighted by Gasteiger charge is 2.31. The number of ether oxygens (including phenoxy) is 2. The molecule has 2 aromatic carbocycles. The van der Waals surface area contributed by atoms with E-state index in [0.717, 1.165) is 6.07 Å². The van der Waals surface area contributed by atoms with Crippen LogP contribution in [0.15, 0.2) is 42.5 Å². The Morgan fingerprint density at radius 3 is 2.50 bits per heavy atom. The molecule has 160 valence electrons. The Bertz CT molecular complexity index is 927. The number of piperazine rings is 1. The molecule has 0 aromatic heterocycles. The normalized spacial score (nSPS) is 17.7. The van der Waals surface area contributed by atoms with Gasteiger partial charge in [0, 0.05) is 43.6 Å². The van der Waals surface area contributed by atoms with Crippen LogP contribution in [-0.2, 0) is 11.0 Å². The number of anilines is 2. The predicted molar refractivity (Wildman–Crippen MR) is 106 cm³/mol. The predicted octanol–water partition coefficient (Wildman–Crippen LogP) is 3.58. The molecule has 1 atom stereocenters. The smallest absolute Gasteiger partial charge is 0.416 e. The molecule has 9 heteroatoms. The van der Waals surface area contributed by atoms with Crippen LogP contribution in [0.3, 0.4) is 0 Å². The summed E-state index contributed by atoms with van der Waals surface area (Å²) in [4.78, 5) is 16.6. The van der Waals surface area contributed by atoms with Gasteiger partial charge in [-0.3, -0.25) is 9.69 Å². The average molecular weight is 421 g/mol. The minimum Gasteiger partial charge on any atom is -0.454 e. The van der Waals surface area contributed by atoms with Crippen LogP contribution in [0.4, 0.5) is 24.5 Å². The maximum absolute atomic E-state index is 13.0. The van der Waals surface area contributed by atoms with Gasteiger partial charge in [0.2, 0.25) is 12.7 Å². The molecule has 0 spiro atoms. The van der Waals surface area contributed by atoms with Crippen molar-refractivity contribution in [1.29, 1.82) is 0 Å². The molecule has 2 aromatic rings. The van der Waals surface area contributed by atoms with Crippen LogP contribution in [0.1, 0.15) is 12.5 Å².